The van der Waals surface area contributed by atoms with Gasteiger partial charge in [-0.1, -0.05) is 23.7 Å². The highest BCUT2D eigenvalue weighted by molar-refractivity contribution is 7.81. The first-order valence-electron chi connectivity index (χ1n) is 6.27. The second-order valence-electron chi connectivity index (χ2n) is 4.41. The van der Waals surface area contributed by atoms with Gasteiger partial charge in [0.05, 0.1) is 21.3 Å². The minimum atomic E-state index is -4.72. The maximum Gasteiger partial charge on any atom is 0.430 e. The molecule has 2 rings (SSSR count). The molecule has 4 nitrogen and oxygen atoms in total. The van der Waals surface area contributed by atoms with Crippen LogP contribution in [0.25, 0.3) is 0 Å². The number of thiophene rings is 1. The smallest absolute Gasteiger partial charge is 0.395 e. The summed E-state index contributed by atoms with van der Waals surface area (Å²) >= 11 is 4.56. The minimum absolute atomic E-state index is 0.0795. The van der Waals surface area contributed by atoms with Gasteiger partial charge in [-0.25, -0.2) is 9.20 Å². The van der Waals surface area contributed by atoms with Gasteiger partial charge in [0, 0.05) is 0 Å². The van der Waals surface area contributed by atoms with Gasteiger partial charge in [-0.3, -0.25) is 0 Å². The van der Waals surface area contributed by atoms with Crippen molar-refractivity contribution in [2.75, 3.05) is 0 Å². The summed E-state index contributed by atoms with van der Waals surface area (Å²) in [6.07, 6.45) is -4.06. The fraction of sp³-hybridized carbons (Fsp3) is 0.0714. The number of para-hydroxylation sites is 1. The number of rotatable bonds is 4. The van der Waals surface area contributed by atoms with E-state index in [0.717, 1.165) is 11.3 Å². The quantitative estimate of drug-likeness (QED) is 0.591. The van der Waals surface area contributed by atoms with E-state index in [1.165, 1.54) is 24.3 Å². The lowest BCUT2D eigenvalue weighted by Gasteiger charge is -2.07. The van der Waals surface area contributed by atoms with Gasteiger partial charge in [0.15, 0.2) is 11.1 Å². The Labute approximate surface area is 146 Å². The summed E-state index contributed by atoms with van der Waals surface area (Å²) in [6, 6.07) is 9.07. The van der Waals surface area contributed by atoms with Crippen molar-refractivity contribution in [1.29, 1.82) is 0 Å². The van der Waals surface area contributed by atoms with E-state index in [1.807, 2.05) is 0 Å². The molecule has 2 aromatic rings. The van der Waals surface area contributed by atoms with Crippen LogP contribution in [-0.2, 0) is 11.1 Å². The molecule has 1 atom stereocenters. The van der Waals surface area contributed by atoms with Crippen LogP contribution in [0.1, 0.15) is 4.88 Å². The van der Waals surface area contributed by atoms with Crippen molar-refractivity contribution in [3.8, 4) is 0 Å². The first-order chi connectivity index (χ1) is 11.2. The van der Waals surface area contributed by atoms with Gasteiger partial charge in [-0.05, 0) is 30.3 Å². The van der Waals surface area contributed by atoms with Gasteiger partial charge in [0.25, 0.3) is 0 Å². The molecule has 24 heavy (non-hydrogen) atoms. The Morgan fingerprint density at radius 3 is 2.50 bits per heavy atom. The molecule has 0 bridgehead atoms. The van der Waals surface area contributed by atoms with Gasteiger partial charge in [-0.2, -0.15) is 13.2 Å². The Morgan fingerprint density at radius 2 is 1.96 bits per heavy atom. The molecule has 1 aromatic heterocycles. The normalized spacial score (nSPS) is 14.7. The molecule has 3 N–H and O–H groups in total. The zero-order valence-corrected chi connectivity index (χ0v) is 14.1. The van der Waals surface area contributed by atoms with Crippen LogP contribution in [0.4, 0.5) is 18.9 Å². The Kier molecular flexibility index (Phi) is 5.81. The molecule has 0 amide bonds. The third-order valence-electron chi connectivity index (χ3n) is 2.72. The predicted octanol–water partition coefficient (Wildman–Crippen LogP) is 4.51. The Bertz CT molecular complexity index is 831. The molecule has 128 valence electrons. The van der Waals surface area contributed by atoms with Gasteiger partial charge in [0.1, 0.15) is 9.91 Å². The SMILES string of the molecule is NC(=CC(=Nc1ccccc1Cl)c1ccc(S(=O)O)s1)C(F)(F)F. The van der Waals surface area contributed by atoms with Crippen LogP contribution in [0.15, 0.2) is 57.4 Å². The number of hydrogen-bond acceptors (Lipinski definition) is 4. The van der Waals surface area contributed by atoms with Crippen molar-refractivity contribution in [2.24, 2.45) is 10.7 Å². The standard InChI is InChI=1S/C14H10ClF3N2O2S2/c15-8-3-1-2-4-9(8)20-10(7-12(19)14(16,17)18)11-5-6-13(23-11)24(21)22/h1-7H,19H2,(H,21,22). The van der Waals surface area contributed by atoms with E-state index in [0.29, 0.717) is 6.08 Å². The minimum Gasteiger partial charge on any atom is -0.395 e. The number of allylic oxidation sites excluding steroid dienone is 2. The fourth-order valence-corrected chi connectivity index (χ4v) is 3.23. The van der Waals surface area contributed by atoms with Crippen LogP contribution >= 0.6 is 22.9 Å². The number of aliphatic imine (C=N–C) groups is 1. The number of halogens is 4. The highest BCUT2D eigenvalue weighted by Gasteiger charge is 2.32. The summed E-state index contributed by atoms with van der Waals surface area (Å²) in [6.45, 7) is 0. The highest BCUT2D eigenvalue weighted by atomic mass is 35.5. The fourth-order valence-electron chi connectivity index (χ4n) is 1.61. The molecule has 0 saturated carbocycles. The number of nitrogens with zero attached hydrogens (tertiary/aromatic N) is 1. The predicted molar refractivity (Wildman–Crippen MR) is 89.3 cm³/mol. The Balaban J connectivity index is 2.57. The summed E-state index contributed by atoms with van der Waals surface area (Å²) in [4.78, 5) is 4.36. The van der Waals surface area contributed by atoms with Crippen LogP contribution in [0.3, 0.4) is 0 Å². The molecule has 0 fully saturated rings. The monoisotopic (exact) mass is 394 g/mol. The molecule has 0 aliphatic carbocycles. The van der Waals surface area contributed by atoms with Crippen LogP contribution in [0.5, 0.6) is 0 Å². The van der Waals surface area contributed by atoms with E-state index in [1.54, 1.807) is 12.1 Å². The van der Waals surface area contributed by atoms with E-state index in [-0.39, 0.29) is 25.5 Å². The molecule has 0 aliphatic heterocycles. The lowest BCUT2D eigenvalue weighted by atomic mass is 10.2. The molecule has 1 aromatic carbocycles. The average molecular weight is 395 g/mol. The highest BCUT2D eigenvalue weighted by Crippen LogP contribution is 2.29. The van der Waals surface area contributed by atoms with Crippen molar-refractivity contribution in [3.63, 3.8) is 0 Å². The largest absolute Gasteiger partial charge is 0.430 e. The van der Waals surface area contributed by atoms with E-state index in [4.69, 9.17) is 21.9 Å². The maximum atomic E-state index is 12.7. The summed E-state index contributed by atoms with van der Waals surface area (Å²) in [5.74, 6) is 0. The summed E-state index contributed by atoms with van der Waals surface area (Å²) in [5, 5.41) is 0.247. The number of benzene rings is 1. The second-order valence-corrected chi connectivity index (χ2v) is 7.10. The van der Waals surface area contributed by atoms with E-state index in [9.17, 15) is 17.4 Å². The van der Waals surface area contributed by atoms with Crippen LogP contribution < -0.4 is 5.73 Å². The van der Waals surface area contributed by atoms with E-state index < -0.39 is 23.0 Å². The molecular formula is C14H10ClF3N2O2S2. The molecule has 1 heterocycles. The third kappa shape index (κ3) is 4.67. The zero-order valence-electron chi connectivity index (χ0n) is 11.7. The van der Waals surface area contributed by atoms with Crippen LogP contribution in [-0.4, -0.2) is 20.6 Å². The van der Waals surface area contributed by atoms with E-state index >= 15 is 0 Å². The lowest BCUT2D eigenvalue weighted by Crippen LogP contribution is -2.20. The van der Waals surface area contributed by atoms with Gasteiger partial charge in [-0.15, -0.1) is 11.3 Å². The summed E-state index contributed by atoms with van der Waals surface area (Å²) in [7, 11) is 0. The van der Waals surface area contributed by atoms with Crippen molar-refractivity contribution in [1.82, 2.24) is 0 Å². The van der Waals surface area contributed by atoms with Gasteiger partial charge in [0.2, 0.25) is 0 Å². The van der Waals surface area contributed by atoms with Crippen molar-refractivity contribution in [3.05, 3.63) is 58.1 Å². The molecule has 0 saturated heterocycles. The van der Waals surface area contributed by atoms with Gasteiger partial charge >= 0.3 is 6.18 Å². The molecule has 0 spiro atoms. The number of hydrogen-bond donors (Lipinski definition) is 2. The average Bonchev–Trinajstić information content (AvgIpc) is 2.97. The van der Waals surface area contributed by atoms with Crippen LogP contribution in [0, 0.1) is 0 Å². The second kappa shape index (κ2) is 7.47. The maximum absolute atomic E-state index is 12.7. The number of nitrogens with two attached hydrogens (primary N) is 1. The summed E-state index contributed by atoms with van der Waals surface area (Å²) in [5.41, 5.74) is 3.86. The third-order valence-corrected chi connectivity index (χ3v) is 5.10. The molecular weight excluding hydrogens is 385 g/mol. The van der Waals surface area contributed by atoms with Gasteiger partial charge < -0.3 is 10.3 Å². The zero-order chi connectivity index (χ0) is 17.9. The van der Waals surface area contributed by atoms with Crippen molar-refractivity contribution >= 4 is 45.4 Å². The molecule has 0 aliphatic rings. The van der Waals surface area contributed by atoms with E-state index in [2.05, 4.69) is 4.99 Å². The first kappa shape index (κ1) is 18.7. The molecule has 1 unspecified atom stereocenters. The lowest BCUT2D eigenvalue weighted by molar-refractivity contribution is -0.0925. The summed E-state index contributed by atoms with van der Waals surface area (Å²) < 4.78 is 58.4. The van der Waals surface area contributed by atoms with Crippen molar-refractivity contribution < 1.29 is 21.9 Å². The van der Waals surface area contributed by atoms with Crippen LogP contribution in [0.2, 0.25) is 5.02 Å². The van der Waals surface area contributed by atoms with Crippen molar-refractivity contribution in [2.45, 2.75) is 10.4 Å². The first-order valence-corrected chi connectivity index (χ1v) is 8.57. The Hall–Kier alpha value is -1.68. The molecule has 0 radical (unpaired) electrons. The topological polar surface area (TPSA) is 75.7 Å². The number of alkyl halides is 3. The Morgan fingerprint density at radius 1 is 1.29 bits per heavy atom. The molecule has 10 heteroatoms.